The predicted molar refractivity (Wildman–Crippen MR) is 95.2 cm³/mol. The summed E-state index contributed by atoms with van der Waals surface area (Å²) in [7, 11) is 0. The van der Waals surface area contributed by atoms with Gasteiger partial charge in [-0.2, -0.15) is 13.2 Å². The molecule has 0 fully saturated rings. The van der Waals surface area contributed by atoms with Crippen molar-refractivity contribution < 1.29 is 17.6 Å². The molecule has 0 aliphatic heterocycles. The van der Waals surface area contributed by atoms with Crippen LogP contribution in [0.15, 0.2) is 41.6 Å². The lowest BCUT2D eigenvalue weighted by atomic mass is 9.94. The highest BCUT2D eigenvalue weighted by Gasteiger charge is 2.32. The van der Waals surface area contributed by atoms with Crippen molar-refractivity contribution in [2.24, 2.45) is 5.92 Å². The van der Waals surface area contributed by atoms with Crippen LogP contribution < -0.4 is 5.56 Å². The minimum atomic E-state index is -4.61. The Hall–Kier alpha value is -2.97. The number of imidazole rings is 1. The molecule has 3 rings (SSSR count). The van der Waals surface area contributed by atoms with E-state index in [0.717, 1.165) is 12.1 Å². The molecule has 28 heavy (non-hydrogen) atoms. The smallest absolute Gasteiger partial charge is 0.329 e. The zero-order chi connectivity index (χ0) is 20.6. The maximum atomic E-state index is 14.5. The second kappa shape index (κ2) is 7.21. The number of nitrogens with one attached hydrogen (secondary N) is 1. The molecule has 0 bridgehead atoms. The van der Waals surface area contributed by atoms with Gasteiger partial charge in [0, 0.05) is 17.8 Å². The average Bonchev–Trinajstić information content (AvgIpc) is 3.04. The fourth-order valence-electron chi connectivity index (χ4n) is 3.14. The summed E-state index contributed by atoms with van der Waals surface area (Å²) in [6.45, 7) is 5.30. The van der Waals surface area contributed by atoms with Gasteiger partial charge in [-0.15, -0.1) is 0 Å². The number of aromatic amines is 1. The van der Waals surface area contributed by atoms with E-state index in [4.69, 9.17) is 0 Å². The summed E-state index contributed by atoms with van der Waals surface area (Å²) in [5.74, 6) is -0.651. The molecule has 5 nitrogen and oxygen atoms in total. The number of nitrogens with zero attached hydrogens (tertiary/aromatic N) is 3. The first kappa shape index (κ1) is 19.8. The van der Waals surface area contributed by atoms with E-state index in [-0.39, 0.29) is 17.0 Å². The van der Waals surface area contributed by atoms with Gasteiger partial charge in [-0.05, 0) is 25.0 Å². The van der Waals surface area contributed by atoms with Crippen LogP contribution >= 0.6 is 0 Å². The first-order valence-electron chi connectivity index (χ1n) is 8.54. The van der Waals surface area contributed by atoms with Gasteiger partial charge in [-0.25, -0.2) is 14.4 Å². The average molecular weight is 394 g/mol. The summed E-state index contributed by atoms with van der Waals surface area (Å²) in [5, 5.41) is 0. The Balaban J connectivity index is 2.03. The monoisotopic (exact) mass is 394 g/mol. The zero-order valence-corrected chi connectivity index (χ0v) is 15.4. The molecule has 0 amide bonds. The van der Waals surface area contributed by atoms with Crippen LogP contribution in [0, 0.1) is 18.7 Å². The summed E-state index contributed by atoms with van der Waals surface area (Å²) < 4.78 is 54.6. The summed E-state index contributed by atoms with van der Waals surface area (Å²) in [6.07, 6.45) is -1.56. The van der Waals surface area contributed by atoms with Gasteiger partial charge in [-0.3, -0.25) is 4.79 Å². The van der Waals surface area contributed by atoms with Gasteiger partial charge in [0.1, 0.15) is 17.3 Å². The molecule has 148 valence electrons. The molecule has 9 heteroatoms. The summed E-state index contributed by atoms with van der Waals surface area (Å²) in [6, 6.07) is 3.24. The molecule has 1 atom stereocenters. The quantitative estimate of drug-likeness (QED) is 0.670. The number of halogens is 4. The number of hydrogen-bond donors (Lipinski definition) is 1. The second-order valence-electron chi connectivity index (χ2n) is 6.85. The van der Waals surface area contributed by atoms with Crippen molar-refractivity contribution in [2.45, 2.75) is 33.0 Å². The first-order valence-corrected chi connectivity index (χ1v) is 8.54. The highest BCUT2D eigenvalue weighted by Crippen LogP contribution is 2.34. The molecule has 0 spiro atoms. The van der Waals surface area contributed by atoms with Gasteiger partial charge in [-0.1, -0.05) is 19.9 Å². The molecule has 0 saturated heterocycles. The minimum absolute atomic E-state index is 0.127. The Morgan fingerprint density at radius 3 is 2.43 bits per heavy atom. The third-order valence-corrected chi connectivity index (χ3v) is 4.32. The fraction of sp³-hybridized carbons (Fsp3) is 0.316. The highest BCUT2D eigenvalue weighted by molar-refractivity contribution is 5.52. The molecule has 2 heterocycles. The molecule has 3 aromatic rings. The predicted octanol–water partition coefficient (Wildman–Crippen LogP) is 4.35. The van der Waals surface area contributed by atoms with Crippen LogP contribution in [0.5, 0.6) is 0 Å². The Morgan fingerprint density at radius 1 is 1.14 bits per heavy atom. The van der Waals surface area contributed by atoms with Crippen LogP contribution in [0.2, 0.25) is 0 Å². The number of benzene rings is 1. The maximum Gasteiger partial charge on any atom is 0.416 e. The lowest BCUT2D eigenvalue weighted by Crippen LogP contribution is -2.17. The first-order chi connectivity index (χ1) is 13.1. The van der Waals surface area contributed by atoms with Crippen LogP contribution in [-0.2, 0) is 6.18 Å². The third kappa shape index (κ3) is 3.97. The summed E-state index contributed by atoms with van der Waals surface area (Å²) in [5.41, 5.74) is -0.471. The largest absolute Gasteiger partial charge is 0.416 e. The van der Waals surface area contributed by atoms with Crippen molar-refractivity contribution in [3.63, 3.8) is 0 Å². The summed E-state index contributed by atoms with van der Waals surface area (Å²) in [4.78, 5) is 22.6. The SMILES string of the molecule is Cc1nc(-c2cn(C(c3ccc(C(F)(F)F)cc3F)C(C)C)cn2)cc(=O)[nH]1. The highest BCUT2D eigenvalue weighted by atomic mass is 19.4. The van der Waals surface area contributed by atoms with Crippen molar-refractivity contribution in [1.29, 1.82) is 0 Å². The Kier molecular flexibility index (Phi) is 5.10. The standard InChI is InChI=1S/C19H18F4N4O/c1-10(2)18(13-5-4-12(6-14(13)20)19(21,22)23)27-8-16(24-9-27)15-7-17(28)26-11(3)25-15/h4-10,18H,1-3H3,(H,25,26,28). The molecule has 1 aromatic carbocycles. The van der Waals surface area contributed by atoms with Gasteiger partial charge in [0.2, 0.25) is 0 Å². The summed E-state index contributed by atoms with van der Waals surface area (Å²) >= 11 is 0. The fourth-order valence-corrected chi connectivity index (χ4v) is 3.14. The van der Waals surface area contributed by atoms with Gasteiger partial charge in [0.15, 0.2) is 0 Å². The molecule has 0 aliphatic carbocycles. The van der Waals surface area contributed by atoms with Crippen molar-refractivity contribution in [1.82, 2.24) is 19.5 Å². The molecule has 0 saturated carbocycles. The number of aryl methyl sites for hydroxylation is 1. The van der Waals surface area contributed by atoms with Crippen molar-refractivity contribution in [3.8, 4) is 11.4 Å². The van der Waals surface area contributed by atoms with Crippen molar-refractivity contribution in [2.75, 3.05) is 0 Å². The van der Waals surface area contributed by atoms with Gasteiger partial charge >= 0.3 is 6.18 Å². The van der Waals surface area contributed by atoms with E-state index in [1.54, 1.807) is 17.7 Å². The maximum absolute atomic E-state index is 14.5. The molecular formula is C19H18F4N4O. The van der Waals surface area contributed by atoms with Crippen LogP contribution in [0.1, 0.15) is 36.8 Å². The Morgan fingerprint density at radius 2 is 1.86 bits per heavy atom. The van der Waals surface area contributed by atoms with Crippen LogP contribution in [0.25, 0.3) is 11.4 Å². The van der Waals surface area contributed by atoms with E-state index >= 15 is 0 Å². The van der Waals surface area contributed by atoms with E-state index in [0.29, 0.717) is 23.3 Å². The van der Waals surface area contributed by atoms with Gasteiger partial charge in [0.25, 0.3) is 5.56 Å². The second-order valence-corrected chi connectivity index (χ2v) is 6.85. The number of rotatable bonds is 4. The topological polar surface area (TPSA) is 63.6 Å². The molecule has 1 N–H and O–H groups in total. The van der Waals surface area contributed by atoms with Crippen molar-refractivity contribution >= 4 is 0 Å². The lowest BCUT2D eigenvalue weighted by Gasteiger charge is -2.24. The van der Waals surface area contributed by atoms with E-state index in [9.17, 15) is 22.4 Å². The molecule has 2 aromatic heterocycles. The molecule has 1 unspecified atom stereocenters. The number of H-pyrrole nitrogens is 1. The van der Waals surface area contributed by atoms with E-state index in [1.807, 2.05) is 13.8 Å². The molecular weight excluding hydrogens is 376 g/mol. The van der Waals surface area contributed by atoms with Crippen molar-refractivity contribution in [3.05, 3.63) is 69.9 Å². The van der Waals surface area contributed by atoms with E-state index in [2.05, 4.69) is 15.0 Å². The zero-order valence-electron chi connectivity index (χ0n) is 15.4. The number of hydrogen-bond acceptors (Lipinski definition) is 3. The Bertz CT molecular complexity index is 1050. The van der Waals surface area contributed by atoms with Crippen LogP contribution in [0.3, 0.4) is 0 Å². The Labute approximate surface area is 158 Å². The molecule has 0 radical (unpaired) electrons. The molecule has 0 aliphatic rings. The van der Waals surface area contributed by atoms with E-state index < -0.39 is 23.6 Å². The van der Waals surface area contributed by atoms with Crippen LogP contribution in [0.4, 0.5) is 17.6 Å². The van der Waals surface area contributed by atoms with Gasteiger partial charge in [0.05, 0.1) is 23.6 Å². The minimum Gasteiger partial charge on any atom is -0.329 e. The lowest BCUT2D eigenvalue weighted by molar-refractivity contribution is -0.137. The third-order valence-electron chi connectivity index (χ3n) is 4.32. The van der Waals surface area contributed by atoms with Gasteiger partial charge < -0.3 is 9.55 Å². The van der Waals surface area contributed by atoms with E-state index in [1.165, 1.54) is 12.4 Å². The number of aromatic nitrogens is 4. The van der Waals surface area contributed by atoms with Crippen LogP contribution in [-0.4, -0.2) is 19.5 Å². The number of alkyl halides is 3. The normalized spacial score (nSPS) is 13.1.